The summed E-state index contributed by atoms with van der Waals surface area (Å²) in [6.07, 6.45) is 21.9. The molecule has 0 aromatic heterocycles. The molecule has 1 aromatic rings. The minimum atomic E-state index is 0.105. The number of hydrogen-bond acceptors (Lipinski definition) is 1. The lowest BCUT2D eigenvalue weighted by Crippen LogP contribution is -2.34. The summed E-state index contributed by atoms with van der Waals surface area (Å²) in [6.45, 7) is 5.45. The maximum absolute atomic E-state index is 15.3. The van der Waals surface area contributed by atoms with Crippen molar-refractivity contribution in [3.05, 3.63) is 34.6 Å². The van der Waals surface area contributed by atoms with Crippen molar-refractivity contribution >= 4 is 0 Å². The zero-order chi connectivity index (χ0) is 23.0. The van der Waals surface area contributed by atoms with Gasteiger partial charge in [-0.25, -0.2) is 4.39 Å². The van der Waals surface area contributed by atoms with E-state index in [9.17, 15) is 0 Å². The molecule has 1 aromatic carbocycles. The molecular formula is C31H49FO. The van der Waals surface area contributed by atoms with Gasteiger partial charge in [-0.05, 0) is 111 Å². The number of ether oxygens (including phenoxy) is 1. The molecule has 1 nitrogen and oxygen atoms in total. The molecule has 4 rings (SSSR count). The average molecular weight is 457 g/mol. The normalized spacial score (nSPS) is 29.5. The number of halogens is 1. The van der Waals surface area contributed by atoms with E-state index >= 15 is 4.39 Å². The molecule has 0 aliphatic heterocycles. The molecule has 0 amide bonds. The Morgan fingerprint density at radius 3 is 2.48 bits per heavy atom. The number of benzene rings is 1. The van der Waals surface area contributed by atoms with Crippen molar-refractivity contribution < 1.29 is 9.13 Å². The molecule has 2 heteroatoms. The summed E-state index contributed by atoms with van der Waals surface area (Å²) in [7, 11) is 0. The molecule has 0 bridgehead atoms. The minimum absolute atomic E-state index is 0.105. The summed E-state index contributed by atoms with van der Waals surface area (Å²) in [4.78, 5) is 0. The van der Waals surface area contributed by atoms with Crippen molar-refractivity contribution in [2.45, 2.75) is 135 Å². The predicted molar refractivity (Wildman–Crippen MR) is 137 cm³/mol. The molecule has 0 spiro atoms. The first-order chi connectivity index (χ1) is 16.2. The Bertz CT molecular complexity index is 728. The van der Waals surface area contributed by atoms with Crippen LogP contribution in [0.4, 0.5) is 4.39 Å². The highest BCUT2D eigenvalue weighted by Crippen LogP contribution is 2.47. The molecular weight excluding hydrogens is 407 g/mol. The van der Waals surface area contributed by atoms with Gasteiger partial charge in [-0.15, -0.1) is 0 Å². The van der Waals surface area contributed by atoms with Gasteiger partial charge in [-0.2, -0.15) is 0 Å². The summed E-state index contributed by atoms with van der Waals surface area (Å²) in [5, 5.41) is 0. The van der Waals surface area contributed by atoms with Gasteiger partial charge >= 0.3 is 0 Å². The topological polar surface area (TPSA) is 9.23 Å². The third-order valence-corrected chi connectivity index (χ3v) is 9.23. The molecule has 0 radical (unpaired) electrons. The van der Waals surface area contributed by atoms with Gasteiger partial charge in [-0.3, -0.25) is 0 Å². The van der Waals surface area contributed by atoms with Gasteiger partial charge in [0.2, 0.25) is 0 Å². The van der Waals surface area contributed by atoms with E-state index in [2.05, 4.69) is 19.9 Å². The van der Waals surface area contributed by atoms with E-state index in [1.165, 1.54) is 107 Å². The highest BCUT2D eigenvalue weighted by molar-refractivity contribution is 5.37. The van der Waals surface area contributed by atoms with Crippen LogP contribution in [-0.4, -0.2) is 12.7 Å². The molecule has 5 unspecified atom stereocenters. The van der Waals surface area contributed by atoms with Gasteiger partial charge in [0.25, 0.3) is 0 Å². The van der Waals surface area contributed by atoms with E-state index in [1.807, 2.05) is 6.07 Å². The van der Waals surface area contributed by atoms with Crippen LogP contribution in [0, 0.1) is 23.6 Å². The van der Waals surface area contributed by atoms with Crippen LogP contribution in [0.5, 0.6) is 0 Å². The lowest BCUT2D eigenvalue weighted by atomic mass is 9.65. The molecule has 2 saturated carbocycles. The van der Waals surface area contributed by atoms with Gasteiger partial charge in [0.05, 0.1) is 6.10 Å². The SMILES string of the molecule is CCCCCCCC1CCc2cc(C3CCC4CC(OCCCC)CCC4C3)cc(F)c2C1. The summed E-state index contributed by atoms with van der Waals surface area (Å²) in [5.41, 5.74) is 3.70. The summed E-state index contributed by atoms with van der Waals surface area (Å²) < 4.78 is 21.4. The lowest BCUT2D eigenvalue weighted by molar-refractivity contribution is -0.0159. The summed E-state index contributed by atoms with van der Waals surface area (Å²) >= 11 is 0. The van der Waals surface area contributed by atoms with Crippen molar-refractivity contribution in [2.75, 3.05) is 6.61 Å². The second kappa shape index (κ2) is 12.7. The van der Waals surface area contributed by atoms with Crippen LogP contribution in [0.25, 0.3) is 0 Å². The van der Waals surface area contributed by atoms with Crippen molar-refractivity contribution in [3.8, 4) is 0 Å². The fourth-order valence-corrected chi connectivity index (χ4v) is 7.13. The Kier molecular flexibility index (Phi) is 9.71. The van der Waals surface area contributed by atoms with E-state index in [1.54, 1.807) is 0 Å². The van der Waals surface area contributed by atoms with Gasteiger partial charge in [0, 0.05) is 6.61 Å². The fraction of sp³-hybridized carbons (Fsp3) is 0.806. The standard InChI is InChI=1S/C31H49FO/c1-3-5-7-8-9-10-23-11-12-27-20-28(22-31(32)30(27)18-23)25-13-14-26-21-29(33-17-6-4-2)16-15-24(26)19-25/h20,22-26,29H,3-19,21H2,1-2H3. The van der Waals surface area contributed by atoms with E-state index in [4.69, 9.17) is 4.74 Å². The molecule has 33 heavy (non-hydrogen) atoms. The Hall–Kier alpha value is -0.890. The maximum atomic E-state index is 15.3. The second-order valence-electron chi connectivity index (χ2n) is 11.6. The number of unbranched alkanes of at least 4 members (excludes halogenated alkanes) is 5. The molecule has 2 fully saturated rings. The van der Waals surface area contributed by atoms with Crippen LogP contribution >= 0.6 is 0 Å². The van der Waals surface area contributed by atoms with Crippen LogP contribution in [0.1, 0.15) is 133 Å². The molecule has 3 aliphatic rings. The first-order valence-electron chi connectivity index (χ1n) is 14.6. The summed E-state index contributed by atoms with van der Waals surface area (Å²) in [6, 6.07) is 4.35. The molecule has 0 heterocycles. The Morgan fingerprint density at radius 1 is 0.848 bits per heavy atom. The zero-order valence-corrected chi connectivity index (χ0v) is 21.6. The lowest BCUT2D eigenvalue weighted by Gasteiger charge is -2.42. The largest absolute Gasteiger partial charge is 0.378 e. The van der Waals surface area contributed by atoms with Crippen molar-refractivity contribution in [1.82, 2.24) is 0 Å². The van der Waals surface area contributed by atoms with Crippen LogP contribution < -0.4 is 0 Å². The summed E-state index contributed by atoms with van der Waals surface area (Å²) in [5.74, 6) is 3.03. The van der Waals surface area contributed by atoms with E-state index in [-0.39, 0.29) is 5.82 Å². The van der Waals surface area contributed by atoms with Gasteiger partial charge in [0.1, 0.15) is 5.82 Å². The number of hydrogen-bond donors (Lipinski definition) is 0. The van der Waals surface area contributed by atoms with Crippen molar-refractivity contribution in [3.63, 3.8) is 0 Å². The second-order valence-corrected chi connectivity index (χ2v) is 11.6. The average Bonchev–Trinajstić information content (AvgIpc) is 2.84. The Balaban J connectivity index is 1.29. The Morgan fingerprint density at radius 2 is 1.64 bits per heavy atom. The molecule has 5 atom stereocenters. The van der Waals surface area contributed by atoms with Gasteiger partial charge in [-0.1, -0.05) is 64.9 Å². The monoisotopic (exact) mass is 456 g/mol. The van der Waals surface area contributed by atoms with Crippen LogP contribution in [-0.2, 0) is 17.6 Å². The van der Waals surface area contributed by atoms with Crippen LogP contribution in [0.3, 0.4) is 0 Å². The maximum Gasteiger partial charge on any atom is 0.126 e. The van der Waals surface area contributed by atoms with Crippen LogP contribution in [0.15, 0.2) is 12.1 Å². The smallest absolute Gasteiger partial charge is 0.126 e. The molecule has 0 saturated heterocycles. The third kappa shape index (κ3) is 6.83. The Labute approximate surface area is 203 Å². The van der Waals surface area contributed by atoms with Gasteiger partial charge < -0.3 is 4.74 Å². The first kappa shape index (κ1) is 25.2. The van der Waals surface area contributed by atoms with Gasteiger partial charge in [0.15, 0.2) is 0 Å². The van der Waals surface area contributed by atoms with Crippen LogP contribution in [0.2, 0.25) is 0 Å². The predicted octanol–water partition coefficient (Wildman–Crippen LogP) is 9.16. The number of fused-ring (bicyclic) bond motifs is 2. The highest BCUT2D eigenvalue weighted by atomic mass is 19.1. The first-order valence-corrected chi connectivity index (χ1v) is 14.6. The molecule has 186 valence electrons. The van der Waals surface area contributed by atoms with Crippen molar-refractivity contribution in [2.24, 2.45) is 17.8 Å². The number of aryl methyl sites for hydroxylation is 1. The van der Waals surface area contributed by atoms with Crippen molar-refractivity contribution in [1.29, 1.82) is 0 Å². The fourth-order valence-electron chi connectivity index (χ4n) is 7.13. The third-order valence-electron chi connectivity index (χ3n) is 9.23. The van der Waals surface area contributed by atoms with E-state index < -0.39 is 0 Å². The zero-order valence-electron chi connectivity index (χ0n) is 21.6. The van der Waals surface area contributed by atoms with E-state index in [0.29, 0.717) is 17.9 Å². The number of rotatable bonds is 11. The quantitative estimate of drug-likeness (QED) is 0.302. The molecule has 0 N–H and O–H groups in total. The molecule has 3 aliphatic carbocycles. The highest BCUT2D eigenvalue weighted by Gasteiger charge is 2.36. The minimum Gasteiger partial charge on any atom is -0.378 e. The van der Waals surface area contributed by atoms with E-state index in [0.717, 1.165) is 36.8 Å².